The summed E-state index contributed by atoms with van der Waals surface area (Å²) in [5, 5.41) is 17.8. The molecule has 0 amide bonds. The molecule has 0 unspecified atom stereocenters. The van der Waals surface area contributed by atoms with Crippen molar-refractivity contribution in [2.45, 2.75) is 24.7 Å². The van der Waals surface area contributed by atoms with E-state index in [4.69, 9.17) is 4.55 Å². The van der Waals surface area contributed by atoms with Crippen LogP contribution in [0.15, 0.2) is 57.6 Å². The van der Waals surface area contributed by atoms with Crippen LogP contribution in [0.2, 0.25) is 0 Å². The van der Waals surface area contributed by atoms with Gasteiger partial charge in [0.2, 0.25) is 0 Å². The molecule has 2 aromatic rings. The fourth-order valence-corrected chi connectivity index (χ4v) is 2.38. The van der Waals surface area contributed by atoms with E-state index in [9.17, 15) is 13.5 Å². The molecule has 0 spiro atoms. The van der Waals surface area contributed by atoms with E-state index in [1.165, 1.54) is 24.3 Å². The van der Waals surface area contributed by atoms with Gasteiger partial charge in [0, 0.05) is 0 Å². The van der Waals surface area contributed by atoms with Crippen LogP contribution in [-0.4, -0.2) is 18.1 Å². The Morgan fingerprint density at radius 1 is 1.00 bits per heavy atom. The number of phenols is 1. The van der Waals surface area contributed by atoms with Crippen molar-refractivity contribution >= 4 is 21.5 Å². The fraction of sp³-hybridized carbons (Fsp3) is 0.200. The van der Waals surface area contributed by atoms with Crippen LogP contribution >= 0.6 is 0 Å². The minimum Gasteiger partial charge on any atom is -0.508 e. The summed E-state index contributed by atoms with van der Waals surface area (Å²) in [6.45, 7) is 2.02. The number of aromatic hydroxyl groups is 1. The molecule has 0 aliphatic carbocycles. The zero-order valence-corrected chi connectivity index (χ0v) is 12.8. The Labute approximate surface area is 128 Å². The molecule has 0 aliphatic heterocycles. The van der Waals surface area contributed by atoms with Crippen molar-refractivity contribution in [2.75, 3.05) is 0 Å². The standard InChI is InChI=1S/C15H16N2O4S/c1-2-3-11-10-13(6-9-15(11)18)17-16-12-4-7-14(8-5-12)22(19,20)21/h4-10,18H,2-3H2,1H3,(H,19,20,21)/b17-16+. The Bertz CT molecular complexity index is 784. The van der Waals surface area contributed by atoms with Crippen molar-refractivity contribution < 1.29 is 18.1 Å². The number of rotatable bonds is 5. The monoisotopic (exact) mass is 320 g/mol. The number of benzene rings is 2. The molecule has 0 aliphatic rings. The summed E-state index contributed by atoms with van der Waals surface area (Å²) in [5.74, 6) is 0.235. The Morgan fingerprint density at radius 2 is 1.59 bits per heavy atom. The van der Waals surface area contributed by atoms with Crippen LogP contribution in [0.1, 0.15) is 18.9 Å². The minimum absolute atomic E-state index is 0.193. The van der Waals surface area contributed by atoms with Crippen molar-refractivity contribution in [3.05, 3.63) is 48.0 Å². The van der Waals surface area contributed by atoms with Gasteiger partial charge in [-0.15, -0.1) is 0 Å². The van der Waals surface area contributed by atoms with Crippen LogP contribution < -0.4 is 0 Å². The first-order valence-electron chi connectivity index (χ1n) is 6.71. The highest BCUT2D eigenvalue weighted by Gasteiger charge is 2.08. The van der Waals surface area contributed by atoms with Gasteiger partial charge < -0.3 is 5.11 Å². The molecule has 2 N–H and O–H groups in total. The molecular weight excluding hydrogens is 304 g/mol. The lowest BCUT2D eigenvalue weighted by Gasteiger charge is -2.03. The molecule has 0 aromatic heterocycles. The van der Waals surface area contributed by atoms with Gasteiger partial charge in [0.25, 0.3) is 10.1 Å². The lowest BCUT2D eigenvalue weighted by Crippen LogP contribution is -1.96. The van der Waals surface area contributed by atoms with E-state index in [2.05, 4.69) is 10.2 Å². The van der Waals surface area contributed by atoms with Gasteiger partial charge in [-0.25, -0.2) is 0 Å². The van der Waals surface area contributed by atoms with E-state index in [0.29, 0.717) is 11.4 Å². The summed E-state index contributed by atoms with van der Waals surface area (Å²) in [4.78, 5) is -0.193. The van der Waals surface area contributed by atoms with Gasteiger partial charge in [0.1, 0.15) is 5.75 Å². The maximum absolute atomic E-state index is 10.9. The van der Waals surface area contributed by atoms with Gasteiger partial charge in [-0.2, -0.15) is 18.6 Å². The van der Waals surface area contributed by atoms with Gasteiger partial charge in [-0.05, 0) is 54.4 Å². The largest absolute Gasteiger partial charge is 0.508 e. The molecule has 0 atom stereocenters. The summed E-state index contributed by atoms with van der Waals surface area (Å²) in [7, 11) is -4.20. The molecule has 2 rings (SSSR count). The van der Waals surface area contributed by atoms with Gasteiger partial charge in [0.05, 0.1) is 16.3 Å². The molecule has 0 heterocycles. The van der Waals surface area contributed by atoms with Crippen LogP contribution in [0.4, 0.5) is 11.4 Å². The summed E-state index contributed by atoms with van der Waals surface area (Å²) in [6.07, 6.45) is 1.66. The summed E-state index contributed by atoms with van der Waals surface area (Å²) in [6, 6.07) is 10.4. The number of aryl methyl sites for hydroxylation is 1. The van der Waals surface area contributed by atoms with E-state index < -0.39 is 10.1 Å². The van der Waals surface area contributed by atoms with Crippen LogP contribution in [0.5, 0.6) is 5.75 Å². The highest BCUT2D eigenvalue weighted by Crippen LogP contribution is 2.26. The van der Waals surface area contributed by atoms with E-state index in [1.54, 1.807) is 18.2 Å². The zero-order valence-electron chi connectivity index (χ0n) is 12.0. The second kappa shape index (κ2) is 6.67. The normalized spacial score (nSPS) is 11.9. The third-order valence-electron chi connectivity index (χ3n) is 3.00. The second-order valence-electron chi connectivity index (χ2n) is 4.73. The first-order chi connectivity index (χ1) is 10.4. The predicted octanol–water partition coefficient (Wildman–Crippen LogP) is 4.01. The summed E-state index contributed by atoms with van der Waals surface area (Å²) >= 11 is 0. The van der Waals surface area contributed by atoms with E-state index in [0.717, 1.165) is 18.4 Å². The molecule has 0 radical (unpaired) electrons. The topological polar surface area (TPSA) is 99.3 Å². The van der Waals surface area contributed by atoms with E-state index >= 15 is 0 Å². The molecule has 0 saturated heterocycles. The molecule has 6 nitrogen and oxygen atoms in total. The van der Waals surface area contributed by atoms with Crippen LogP contribution in [0.25, 0.3) is 0 Å². The lowest BCUT2D eigenvalue weighted by molar-refractivity contribution is 0.467. The van der Waals surface area contributed by atoms with Gasteiger partial charge >= 0.3 is 0 Å². The van der Waals surface area contributed by atoms with Crippen LogP contribution in [-0.2, 0) is 16.5 Å². The van der Waals surface area contributed by atoms with Crippen molar-refractivity contribution in [1.82, 2.24) is 0 Å². The Hall–Kier alpha value is -2.25. The first-order valence-corrected chi connectivity index (χ1v) is 8.15. The van der Waals surface area contributed by atoms with E-state index in [-0.39, 0.29) is 10.6 Å². The molecular formula is C15H16N2O4S. The second-order valence-corrected chi connectivity index (χ2v) is 6.15. The average Bonchev–Trinajstić information content (AvgIpc) is 2.48. The lowest BCUT2D eigenvalue weighted by atomic mass is 10.1. The Kier molecular flexibility index (Phi) is 4.89. The first kappa shape index (κ1) is 16.1. The van der Waals surface area contributed by atoms with Gasteiger partial charge in [0.15, 0.2) is 0 Å². The zero-order chi connectivity index (χ0) is 16.2. The number of azo groups is 1. The molecule has 0 saturated carbocycles. The SMILES string of the molecule is CCCc1cc(/N=N/c2ccc(S(=O)(=O)O)cc2)ccc1O. The highest BCUT2D eigenvalue weighted by atomic mass is 32.2. The van der Waals surface area contributed by atoms with Gasteiger partial charge in [-0.1, -0.05) is 13.3 Å². The van der Waals surface area contributed by atoms with Crippen molar-refractivity contribution in [1.29, 1.82) is 0 Å². The van der Waals surface area contributed by atoms with Crippen LogP contribution in [0, 0.1) is 0 Å². The minimum atomic E-state index is -4.20. The fourth-order valence-electron chi connectivity index (χ4n) is 1.90. The summed E-state index contributed by atoms with van der Waals surface area (Å²) in [5.41, 5.74) is 1.86. The predicted molar refractivity (Wildman–Crippen MR) is 82.5 cm³/mol. The molecule has 116 valence electrons. The summed E-state index contributed by atoms with van der Waals surface area (Å²) < 4.78 is 30.8. The van der Waals surface area contributed by atoms with Crippen molar-refractivity contribution in [3.8, 4) is 5.75 Å². The van der Waals surface area contributed by atoms with Crippen molar-refractivity contribution in [2.24, 2.45) is 10.2 Å². The number of phenolic OH excluding ortho intramolecular Hbond substituents is 1. The number of hydrogen-bond donors (Lipinski definition) is 2. The maximum Gasteiger partial charge on any atom is 0.294 e. The van der Waals surface area contributed by atoms with E-state index in [1.807, 2.05) is 6.92 Å². The third-order valence-corrected chi connectivity index (χ3v) is 3.87. The van der Waals surface area contributed by atoms with Crippen LogP contribution in [0.3, 0.4) is 0 Å². The van der Waals surface area contributed by atoms with Gasteiger partial charge in [-0.3, -0.25) is 4.55 Å². The molecule has 0 bridgehead atoms. The number of hydrogen-bond acceptors (Lipinski definition) is 5. The molecule has 0 fully saturated rings. The Balaban J connectivity index is 2.20. The molecule has 2 aromatic carbocycles. The van der Waals surface area contributed by atoms with Crippen molar-refractivity contribution in [3.63, 3.8) is 0 Å². The quantitative estimate of drug-likeness (QED) is 0.642. The smallest absolute Gasteiger partial charge is 0.294 e. The molecule has 22 heavy (non-hydrogen) atoms. The molecule has 7 heteroatoms. The number of nitrogens with zero attached hydrogens (tertiary/aromatic N) is 2. The maximum atomic E-state index is 10.9. The average molecular weight is 320 g/mol. The highest BCUT2D eigenvalue weighted by molar-refractivity contribution is 7.85. The third kappa shape index (κ3) is 4.12. The Morgan fingerprint density at radius 3 is 2.18 bits per heavy atom.